The molecule has 0 aliphatic rings. The summed E-state index contributed by atoms with van der Waals surface area (Å²) in [6.07, 6.45) is 2.83. The summed E-state index contributed by atoms with van der Waals surface area (Å²) in [5, 5.41) is 4.11. The molecule has 0 amide bonds. The number of furan rings is 1. The van der Waals surface area contributed by atoms with Gasteiger partial charge in [0.2, 0.25) is 0 Å². The number of aryl methyl sites for hydroxylation is 1. The second-order valence-electron chi connectivity index (χ2n) is 6.56. The van der Waals surface area contributed by atoms with Gasteiger partial charge in [0.25, 0.3) is 0 Å². The molecule has 3 aromatic rings. The minimum Gasteiger partial charge on any atom is -0.492 e. The molecule has 1 aromatic heterocycles. The zero-order chi connectivity index (χ0) is 19.1. The van der Waals surface area contributed by atoms with Gasteiger partial charge in [-0.25, -0.2) is 0 Å². The maximum absolute atomic E-state index is 13.2. The zero-order valence-corrected chi connectivity index (χ0v) is 17.3. The lowest BCUT2D eigenvalue weighted by Gasteiger charge is -2.07. The molecule has 0 aliphatic carbocycles. The molecule has 3 rings (SSSR count). The first-order chi connectivity index (χ1) is 13.2. The molecule has 0 aliphatic heterocycles. The topological polar surface area (TPSA) is 51.5 Å². The molecule has 0 spiro atoms. The van der Waals surface area contributed by atoms with Crippen molar-refractivity contribution < 1.29 is 13.9 Å². The second kappa shape index (κ2) is 10.9. The van der Waals surface area contributed by atoms with E-state index in [1.165, 1.54) is 0 Å². The van der Waals surface area contributed by atoms with Crippen LogP contribution in [-0.2, 0) is 6.42 Å². The Bertz CT molecular complexity index is 887. The van der Waals surface area contributed by atoms with Crippen LogP contribution in [0, 0.1) is 0 Å². The SMILES string of the molecule is CCCCc1oc2ccccc2c1C(=O)c1ccc(OCCNCC)cc1.Cl. The van der Waals surface area contributed by atoms with Crippen LogP contribution in [0.1, 0.15) is 48.4 Å². The number of halogens is 1. The van der Waals surface area contributed by atoms with E-state index in [2.05, 4.69) is 19.2 Å². The number of unbranched alkanes of at least 4 members (excludes halogenated alkanes) is 1. The Morgan fingerprint density at radius 2 is 1.82 bits per heavy atom. The third-order valence-electron chi connectivity index (χ3n) is 4.57. The summed E-state index contributed by atoms with van der Waals surface area (Å²) >= 11 is 0. The highest BCUT2D eigenvalue weighted by Gasteiger charge is 2.21. The largest absolute Gasteiger partial charge is 0.492 e. The number of hydrogen-bond donors (Lipinski definition) is 1. The molecule has 0 unspecified atom stereocenters. The van der Waals surface area contributed by atoms with Gasteiger partial charge >= 0.3 is 0 Å². The predicted molar refractivity (Wildman–Crippen MR) is 116 cm³/mol. The molecule has 5 heteroatoms. The molecule has 28 heavy (non-hydrogen) atoms. The summed E-state index contributed by atoms with van der Waals surface area (Å²) in [7, 11) is 0. The van der Waals surface area contributed by atoms with Gasteiger partial charge in [0.05, 0.1) is 5.56 Å². The van der Waals surface area contributed by atoms with E-state index in [9.17, 15) is 4.79 Å². The Hall–Kier alpha value is -2.30. The Morgan fingerprint density at radius 1 is 1.07 bits per heavy atom. The summed E-state index contributed by atoms with van der Waals surface area (Å²) in [5.41, 5.74) is 2.12. The van der Waals surface area contributed by atoms with Crippen molar-refractivity contribution in [2.75, 3.05) is 19.7 Å². The van der Waals surface area contributed by atoms with Gasteiger partial charge in [-0.2, -0.15) is 0 Å². The van der Waals surface area contributed by atoms with Gasteiger partial charge in [-0.05, 0) is 43.3 Å². The average molecular weight is 402 g/mol. The Labute approximate surface area is 172 Å². The van der Waals surface area contributed by atoms with Crippen LogP contribution < -0.4 is 10.1 Å². The molecule has 0 saturated carbocycles. The molecular formula is C23H28ClNO3. The predicted octanol–water partition coefficient (Wildman–Crippen LogP) is 5.42. The highest BCUT2D eigenvalue weighted by Crippen LogP contribution is 2.29. The molecule has 0 atom stereocenters. The highest BCUT2D eigenvalue weighted by atomic mass is 35.5. The van der Waals surface area contributed by atoms with Crippen molar-refractivity contribution >= 4 is 29.2 Å². The maximum atomic E-state index is 13.2. The van der Waals surface area contributed by atoms with Crippen molar-refractivity contribution in [2.24, 2.45) is 0 Å². The van der Waals surface area contributed by atoms with Crippen LogP contribution in [-0.4, -0.2) is 25.5 Å². The maximum Gasteiger partial charge on any atom is 0.197 e. The average Bonchev–Trinajstić information content (AvgIpc) is 3.08. The number of rotatable bonds is 10. The van der Waals surface area contributed by atoms with Gasteiger partial charge in [-0.3, -0.25) is 4.79 Å². The van der Waals surface area contributed by atoms with Gasteiger partial charge in [0.1, 0.15) is 23.7 Å². The summed E-state index contributed by atoms with van der Waals surface area (Å²) < 4.78 is 11.7. The van der Waals surface area contributed by atoms with Gasteiger partial charge < -0.3 is 14.5 Å². The molecule has 0 fully saturated rings. The number of para-hydroxylation sites is 1. The number of carbonyl (C=O) groups excluding carboxylic acids is 1. The molecule has 2 aromatic carbocycles. The number of fused-ring (bicyclic) bond motifs is 1. The molecule has 0 radical (unpaired) electrons. The molecule has 0 saturated heterocycles. The summed E-state index contributed by atoms with van der Waals surface area (Å²) in [6.45, 7) is 6.54. The lowest BCUT2D eigenvalue weighted by molar-refractivity contribution is 0.103. The fourth-order valence-electron chi connectivity index (χ4n) is 3.12. The van der Waals surface area contributed by atoms with Crippen molar-refractivity contribution in [3.8, 4) is 5.75 Å². The summed E-state index contributed by atoms with van der Waals surface area (Å²) in [5.74, 6) is 1.56. The Morgan fingerprint density at radius 3 is 2.54 bits per heavy atom. The summed E-state index contributed by atoms with van der Waals surface area (Å²) in [6, 6.07) is 15.1. The lowest BCUT2D eigenvalue weighted by atomic mass is 9.98. The van der Waals surface area contributed by atoms with E-state index in [0.29, 0.717) is 17.7 Å². The van der Waals surface area contributed by atoms with Crippen molar-refractivity contribution in [3.05, 3.63) is 65.4 Å². The molecule has 0 bridgehead atoms. The van der Waals surface area contributed by atoms with Gasteiger partial charge in [-0.1, -0.05) is 38.5 Å². The Kier molecular flexibility index (Phi) is 8.55. The minimum atomic E-state index is 0. The zero-order valence-electron chi connectivity index (χ0n) is 16.5. The highest BCUT2D eigenvalue weighted by molar-refractivity contribution is 6.16. The van der Waals surface area contributed by atoms with E-state index in [1.807, 2.05) is 48.5 Å². The molecule has 1 heterocycles. The van der Waals surface area contributed by atoms with Crippen LogP contribution in [0.5, 0.6) is 5.75 Å². The molecule has 150 valence electrons. The number of benzene rings is 2. The number of hydrogen-bond acceptors (Lipinski definition) is 4. The number of likely N-dealkylation sites (N-methyl/N-ethyl adjacent to an activating group) is 1. The number of carbonyl (C=O) groups is 1. The third-order valence-corrected chi connectivity index (χ3v) is 4.57. The van der Waals surface area contributed by atoms with Crippen molar-refractivity contribution in [1.82, 2.24) is 5.32 Å². The van der Waals surface area contributed by atoms with Crippen molar-refractivity contribution in [3.63, 3.8) is 0 Å². The van der Waals surface area contributed by atoms with E-state index in [4.69, 9.17) is 9.15 Å². The first-order valence-electron chi connectivity index (χ1n) is 9.73. The van der Waals surface area contributed by atoms with E-state index in [1.54, 1.807) is 0 Å². The number of nitrogens with one attached hydrogen (secondary N) is 1. The molecule has 4 nitrogen and oxygen atoms in total. The van der Waals surface area contributed by atoms with E-state index >= 15 is 0 Å². The normalized spacial score (nSPS) is 10.6. The summed E-state index contributed by atoms with van der Waals surface area (Å²) in [4.78, 5) is 13.2. The minimum absolute atomic E-state index is 0. The number of ether oxygens (including phenoxy) is 1. The lowest BCUT2D eigenvalue weighted by Crippen LogP contribution is -2.20. The monoisotopic (exact) mass is 401 g/mol. The van der Waals surface area contributed by atoms with Crippen molar-refractivity contribution in [1.29, 1.82) is 0 Å². The second-order valence-corrected chi connectivity index (χ2v) is 6.56. The fraction of sp³-hybridized carbons (Fsp3) is 0.348. The fourth-order valence-corrected chi connectivity index (χ4v) is 3.12. The first-order valence-corrected chi connectivity index (χ1v) is 9.73. The molecule has 1 N–H and O–H groups in total. The quantitative estimate of drug-likeness (QED) is 0.364. The van der Waals surface area contributed by atoms with Crippen LogP contribution in [0.3, 0.4) is 0 Å². The van der Waals surface area contributed by atoms with Gasteiger partial charge in [0, 0.05) is 23.9 Å². The van der Waals surface area contributed by atoms with E-state index in [-0.39, 0.29) is 18.2 Å². The van der Waals surface area contributed by atoms with Gasteiger partial charge in [-0.15, -0.1) is 12.4 Å². The smallest absolute Gasteiger partial charge is 0.197 e. The Balaban J connectivity index is 0.00000280. The van der Waals surface area contributed by atoms with Crippen LogP contribution in [0.4, 0.5) is 0 Å². The van der Waals surface area contributed by atoms with Crippen LogP contribution in [0.25, 0.3) is 11.0 Å². The molecular weight excluding hydrogens is 374 g/mol. The van der Waals surface area contributed by atoms with E-state index < -0.39 is 0 Å². The standard InChI is InChI=1S/C23H27NO3.ClH/c1-3-5-9-21-22(19-8-6-7-10-20(19)27-21)23(25)17-11-13-18(14-12-17)26-16-15-24-4-2;/h6-8,10-14,24H,3-5,9,15-16H2,1-2H3;1H. The van der Waals surface area contributed by atoms with Crippen LogP contribution in [0.15, 0.2) is 52.9 Å². The first kappa shape index (κ1) is 22.0. The number of ketones is 1. The van der Waals surface area contributed by atoms with E-state index in [0.717, 1.165) is 54.8 Å². The van der Waals surface area contributed by atoms with Crippen molar-refractivity contribution in [2.45, 2.75) is 33.1 Å². The third kappa shape index (κ3) is 5.15. The van der Waals surface area contributed by atoms with Gasteiger partial charge in [0.15, 0.2) is 5.78 Å². The van der Waals surface area contributed by atoms with Crippen LogP contribution in [0.2, 0.25) is 0 Å². The van der Waals surface area contributed by atoms with Crippen LogP contribution >= 0.6 is 12.4 Å².